The first-order chi connectivity index (χ1) is 12.0. The maximum absolute atomic E-state index is 12.5. The van der Waals surface area contributed by atoms with Gasteiger partial charge in [0.15, 0.2) is 0 Å². The van der Waals surface area contributed by atoms with Crippen molar-refractivity contribution in [3.8, 4) is 0 Å². The largest absolute Gasteiger partial charge is 0.351 e. The van der Waals surface area contributed by atoms with Gasteiger partial charge < -0.3 is 19.4 Å². The van der Waals surface area contributed by atoms with E-state index in [2.05, 4.69) is 45.6 Å². The van der Waals surface area contributed by atoms with Crippen LogP contribution in [-0.2, 0) is 18.4 Å². The molecular formula is C18H28N6O. The summed E-state index contributed by atoms with van der Waals surface area (Å²) >= 11 is 0. The molecule has 1 saturated heterocycles. The third-order valence-corrected chi connectivity index (χ3v) is 4.93. The first kappa shape index (κ1) is 17.7. The van der Waals surface area contributed by atoms with Crippen LogP contribution < -0.4 is 5.32 Å². The second-order valence-corrected chi connectivity index (χ2v) is 7.31. The van der Waals surface area contributed by atoms with Crippen LogP contribution in [0.4, 0.5) is 0 Å². The average Bonchev–Trinajstić information content (AvgIpc) is 3.25. The molecular weight excluding hydrogens is 316 g/mol. The van der Waals surface area contributed by atoms with Gasteiger partial charge in [0.1, 0.15) is 5.82 Å². The summed E-state index contributed by atoms with van der Waals surface area (Å²) < 4.78 is 4.12. The number of aryl methyl sites for hydroxylation is 2. The van der Waals surface area contributed by atoms with Crippen LogP contribution in [0, 0.1) is 0 Å². The molecule has 1 fully saturated rings. The number of imidazole rings is 2. The van der Waals surface area contributed by atoms with Gasteiger partial charge in [0.25, 0.3) is 0 Å². The molecule has 1 N–H and O–H groups in total. The third kappa shape index (κ3) is 3.92. The summed E-state index contributed by atoms with van der Waals surface area (Å²) in [6.45, 7) is 6.70. The Bertz CT molecular complexity index is 719. The fourth-order valence-corrected chi connectivity index (χ4v) is 3.68. The lowest BCUT2D eigenvalue weighted by Crippen LogP contribution is -2.40. The predicted molar refractivity (Wildman–Crippen MR) is 96.3 cm³/mol. The summed E-state index contributed by atoms with van der Waals surface area (Å²) in [5.74, 6) is 1.76. The third-order valence-electron chi connectivity index (χ3n) is 4.93. The number of aromatic nitrogens is 4. The minimum atomic E-state index is 0.0934. The molecule has 3 heterocycles. The van der Waals surface area contributed by atoms with Crippen molar-refractivity contribution >= 4 is 5.91 Å². The van der Waals surface area contributed by atoms with Crippen LogP contribution >= 0.6 is 0 Å². The number of nitrogens with one attached hydrogen (secondary N) is 1. The van der Waals surface area contributed by atoms with Crippen molar-refractivity contribution < 1.29 is 4.79 Å². The van der Waals surface area contributed by atoms with Crippen LogP contribution in [-0.4, -0.2) is 56.1 Å². The zero-order valence-electron chi connectivity index (χ0n) is 15.5. The van der Waals surface area contributed by atoms with Gasteiger partial charge in [-0.25, -0.2) is 9.97 Å². The van der Waals surface area contributed by atoms with Gasteiger partial charge in [-0.05, 0) is 7.05 Å². The Morgan fingerprint density at radius 3 is 2.84 bits per heavy atom. The Hall–Kier alpha value is -2.15. The Balaban J connectivity index is 1.60. The molecule has 0 radical (unpaired) electrons. The zero-order valence-corrected chi connectivity index (χ0v) is 15.5. The fraction of sp³-hybridized carbons (Fsp3) is 0.611. The van der Waals surface area contributed by atoms with Crippen LogP contribution in [0.5, 0.6) is 0 Å². The Labute approximate surface area is 149 Å². The Morgan fingerprint density at radius 1 is 1.36 bits per heavy atom. The minimum absolute atomic E-state index is 0.0934. The highest BCUT2D eigenvalue weighted by Gasteiger charge is 2.34. The number of likely N-dealkylation sites (tertiary alicyclic amines) is 1. The van der Waals surface area contributed by atoms with E-state index < -0.39 is 0 Å². The summed E-state index contributed by atoms with van der Waals surface area (Å²) in [5, 5.41) is 3.23. The van der Waals surface area contributed by atoms with Gasteiger partial charge in [-0.2, -0.15) is 0 Å². The van der Waals surface area contributed by atoms with Gasteiger partial charge in [0.05, 0.1) is 12.4 Å². The lowest BCUT2D eigenvalue weighted by Gasteiger charge is -2.20. The second kappa shape index (κ2) is 7.39. The average molecular weight is 344 g/mol. The normalized spacial score (nSPS) is 21.2. The minimum Gasteiger partial charge on any atom is -0.351 e. The molecule has 1 aliphatic heterocycles. The van der Waals surface area contributed by atoms with Crippen LogP contribution in [0.1, 0.15) is 43.6 Å². The van der Waals surface area contributed by atoms with Crippen molar-refractivity contribution in [3.63, 3.8) is 0 Å². The summed E-state index contributed by atoms with van der Waals surface area (Å²) in [4.78, 5) is 23.4. The molecule has 7 heteroatoms. The molecule has 3 rings (SSSR count). The highest BCUT2D eigenvalue weighted by atomic mass is 16.1. The van der Waals surface area contributed by atoms with Crippen LogP contribution in [0.25, 0.3) is 0 Å². The number of carbonyl (C=O) groups is 1. The van der Waals surface area contributed by atoms with Crippen molar-refractivity contribution in [3.05, 3.63) is 36.4 Å². The van der Waals surface area contributed by atoms with Gasteiger partial charge in [0, 0.05) is 69.2 Å². The van der Waals surface area contributed by atoms with E-state index in [-0.39, 0.29) is 17.9 Å². The first-order valence-electron chi connectivity index (χ1n) is 8.91. The summed E-state index contributed by atoms with van der Waals surface area (Å²) in [6.07, 6.45) is 7.94. The molecule has 1 amide bonds. The molecule has 0 aliphatic carbocycles. The van der Waals surface area contributed by atoms with Crippen molar-refractivity contribution in [2.75, 3.05) is 20.1 Å². The van der Waals surface area contributed by atoms with Gasteiger partial charge in [-0.15, -0.1) is 0 Å². The maximum atomic E-state index is 12.5. The van der Waals surface area contributed by atoms with Crippen LogP contribution in [0.15, 0.2) is 24.9 Å². The topological polar surface area (TPSA) is 68.0 Å². The summed E-state index contributed by atoms with van der Waals surface area (Å²) in [7, 11) is 4.10. The smallest absolute Gasteiger partial charge is 0.222 e. The Morgan fingerprint density at radius 2 is 2.16 bits per heavy atom. The number of nitrogens with zero attached hydrogens (tertiary/aromatic N) is 5. The standard InChI is InChI=1S/C18H28N6O/c1-13(2)18-20-6-8-24(18)7-5-17(25)21-15-11-22(3)10-14(15)16-9-19-12-23(16)4/h6,8-9,12-15H,5,7,10-11H2,1-4H3,(H,21,25)/t14-,15-/m1/s1. The fourth-order valence-electron chi connectivity index (χ4n) is 3.68. The highest BCUT2D eigenvalue weighted by molar-refractivity contribution is 5.76. The maximum Gasteiger partial charge on any atom is 0.222 e. The number of hydrogen-bond acceptors (Lipinski definition) is 4. The summed E-state index contributed by atoms with van der Waals surface area (Å²) in [5.41, 5.74) is 1.17. The predicted octanol–water partition coefficient (Wildman–Crippen LogP) is 1.34. The molecule has 1 aliphatic rings. The molecule has 2 atom stereocenters. The second-order valence-electron chi connectivity index (χ2n) is 7.31. The van der Waals surface area contributed by atoms with Crippen LogP contribution in [0.3, 0.4) is 0 Å². The van der Waals surface area contributed by atoms with Gasteiger partial charge in [0.2, 0.25) is 5.91 Å². The van der Waals surface area contributed by atoms with E-state index in [0.29, 0.717) is 18.9 Å². The van der Waals surface area contributed by atoms with E-state index in [0.717, 1.165) is 18.9 Å². The van der Waals surface area contributed by atoms with Crippen molar-refractivity contribution in [1.82, 2.24) is 29.3 Å². The summed E-state index contributed by atoms with van der Waals surface area (Å²) in [6, 6.07) is 0.125. The van der Waals surface area contributed by atoms with Crippen LogP contribution in [0.2, 0.25) is 0 Å². The molecule has 136 valence electrons. The van der Waals surface area contributed by atoms with E-state index in [9.17, 15) is 4.79 Å². The molecule has 7 nitrogen and oxygen atoms in total. The molecule has 0 spiro atoms. The number of likely N-dealkylation sites (N-methyl/N-ethyl adjacent to an activating group) is 1. The lowest BCUT2D eigenvalue weighted by atomic mass is 10.00. The molecule has 0 aromatic carbocycles. The highest BCUT2D eigenvalue weighted by Crippen LogP contribution is 2.26. The molecule has 2 aromatic heterocycles. The molecule has 0 bridgehead atoms. The molecule has 0 unspecified atom stereocenters. The van der Waals surface area contributed by atoms with E-state index in [1.165, 1.54) is 5.69 Å². The van der Waals surface area contributed by atoms with E-state index in [1.807, 2.05) is 30.3 Å². The zero-order chi connectivity index (χ0) is 18.0. The van der Waals surface area contributed by atoms with Crippen molar-refractivity contribution in [1.29, 1.82) is 0 Å². The molecule has 2 aromatic rings. The van der Waals surface area contributed by atoms with E-state index in [1.54, 1.807) is 6.20 Å². The van der Waals surface area contributed by atoms with Gasteiger partial charge in [-0.1, -0.05) is 13.8 Å². The number of carbonyl (C=O) groups excluding carboxylic acids is 1. The van der Waals surface area contributed by atoms with Gasteiger partial charge >= 0.3 is 0 Å². The lowest BCUT2D eigenvalue weighted by molar-refractivity contribution is -0.122. The van der Waals surface area contributed by atoms with E-state index in [4.69, 9.17) is 0 Å². The molecule has 25 heavy (non-hydrogen) atoms. The monoisotopic (exact) mass is 344 g/mol. The van der Waals surface area contributed by atoms with Crippen molar-refractivity contribution in [2.24, 2.45) is 7.05 Å². The number of hydrogen-bond donors (Lipinski definition) is 1. The quantitative estimate of drug-likeness (QED) is 0.859. The molecule has 0 saturated carbocycles. The Kier molecular flexibility index (Phi) is 5.22. The SMILES string of the molecule is CC(C)c1nccn1CCC(=O)N[C@@H]1CN(C)C[C@H]1c1cncn1C. The van der Waals surface area contributed by atoms with E-state index >= 15 is 0 Å². The van der Waals surface area contributed by atoms with Gasteiger partial charge in [-0.3, -0.25) is 4.79 Å². The van der Waals surface area contributed by atoms with Crippen molar-refractivity contribution in [2.45, 2.75) is 44.7 Å². The first-order valence-corrected chi connectivity index (χ1v) is 8.91. The number of amides is 1. The number of rotatable bonds is 6.